The van der Waals surface area contributed by atoms with E-state index in [-0.39, 0.29) is 5.91 Å². The van der Waals surface area contributed by atoms with Crippen molar-refractivity contribution in [2.45, 2.75) is 20.4 Å². The number of nitrogens with zero attached hydrogens (tertiary/aromatic N) is 2. The Morgan fingerprint density at radius 1 is 1.75 bits per heavy atom. The predicted molar refractivity (Wildman–Crippen MR) is 45.5 cm³/mol. The van der Waals surface area contributed by atoms with Gasteiger partial charge < -0.3 is 5.32 Å². The molecular formula is C8H13N3O. The first-order valence-corrected chi connectivity index (χ1v) is 3.83. The zero-order chi connectivity index (χ0) is 9.14. The van der Waals surface area contributed by atoms with Gasteiger partial charge in [-0.05, 0) is 13.0 Å². The number of amides is 1. The molecule has 0 aliphatic carbocycles. The zero-order valence-corrected chi connectivity index (χ0v) is 7.59. The number of carbonyl (C=O) groups excluding carboxylic acids is 1. The first-order chi connectivity index (χ1) is 5.59. The van der Waals surface area contributed by atoms with Gasteiger partial charge in [0, 0.05) is 19.7 Å². The molecule has 0 bridgehead atoms. The Bertz CT molecular complexity index is 271. The molecule has 0 atom stereocenters. The fraction of sp³-hybridized carbons (Fsp3) is 0.500. The predicted octanol–water partition coefficient (Wildman–Crippen LogP) is 0.365. The molecule has 4 heteroatoms. The molecule has 0 aromatic carbocycles. The molecule has 0 aliphatic rings. The van der Waals surface area contributed by atoms with Crippen LogP contribution in [0.15, 0.2) is 6.07 Å². The van der Waals surface area contributed by atoms with Crippen LogP contribution in [0.1, 0.15) is 18.3 Å². The molecule has 1 amide bonds. The van der Waals surface area contributed by atoms with Gasteiger partial charge in [-0.1, -0.05) is 0 Å². The lowest BCUT2D eigenvalue weighted by Crippen LogP contribution is -2.19. The molecule has 4 nitrogen and oxygen atoms in total. The lowest BCUT2D eigenvalue weighted by atomic mass is 10.4. The van der Waals surface area contributed by atoms with Crippen molar-refractivity contribution in [1.29, 1.82) is 0 Å². The maximum absolute atomic E-state index is 10.6. The SMILES string of the molecule is CC(=O)NCc1cc(C)n(C)n1. The normalized spacial score (nSPS) is 9.92. The van der Waals surface area contributed by atoms with Crippen LogP contribution in [-0.4, -0.2) is 15.7 Å². The van der Waals surface area contributed by atoms with E-state index in [0.717, 1.165) is 11.4 Å². The lowest BCUT2D eigenvalue weighted by Gasteiger charge is -1.96. The van der Waals surface area contributed by atoms with Crippen molar-refractivity contribution in [2.24, 2.45) is 7.05 Å². The van der Waals surface area contributed by atoms with Gasteiger partial charge in [-0.3, -0.25) is 9.48 Å². The van der Waals surface area contributed by atoms with Crippen LogP contribution in [-0.2, 0) is 18.4 Å². The molecule has 0 saturated heterocycles. The smallest absolute Gasteiger partial charge is 0.217 e. The maximum Gasteiger partial charge on any atom is 0.217 e. The second kappa shape index (κ2) is 3.38. The third-order valence-electron chi connectivity index (χ3n) is 1.68. The minimum atomic E-state index is -0.0293. The fourth-order valence-electron chi connectivity index (χ4n) is 0.936. The van der Waals surface area contributed by atoms with E-state index in [9.17, 15) is 4.79 Å². The van der Waals surface area contributed by atoms with Crippen molar-refractivity contribution in [3.8, 4) is 0 Å². The molecule has 1 rings (SSSR count). The number of aryl methyl sites for hydroxylation is 2. The van der Waals surface area contributed by atoms with E-state index in [1.807, 2.05) is 20.0 Å². The molecule has 0 radical (unpaired) electrons. The first kappa shape index (κ1) is 8.77. The Hall–Kier alpha value is -1.32. The van der Waals surface area contributed by atoms with Gasteiger partial charge in [0.2, 0.25) is 5.91 Å². The molecule has 0 unspecified atom stereocenters. The molecule has 1 aromatic heterocycles. The molecule has 0 saturated carbocycles. The number of aromatic nitrogens is 2. The summed E-state index contributed by atoms with van der Waals surface area (Å²) in [5, 5.41) is 6.87. The Labute approximate surface area is 71.6 Å². The van der Waals surface area contributed by atoms with Crippen LogP contribution in [0.5, 0.6) is 0 Å². The monoisotopic (exact) mass is 167 g/mol. The van der Waals surface area contributed by atoms with E-state index < -0.39 is 0 Å². The summed E-state index contributed by atoms with van der Waals surface area (Å²) in [6.07, 6.45) is 0. The summed E-state index contributed by atoms with van der Waals surface area (Å²) in [6.45, 7) is 3.98. The maximum atomic E-state index is 10.6. The Morgan fingerprint density at radius 3 is 2.83 bits per heavy atom. The molecule has 0 fully saturated rings. The number of nitrogens with one attached hydrogen (secondary N) is 1. The minimum Gasteiger partial charge on any atom is -0.351 e. The van der Waals surface area contributed by atoms with E-state index >= 15 is 0 Å². The summed E-state index contributed by atoms with van der Waals surface area (Å²) in [6, 6.07) is 1.95. The molecule has 1 N–H and O–H groups in total. The third kappa shape index (κ3) is 2.08. The quantitative estimate of drug-likeness (QED) is 0.691. The minimum absolute atomic E-state index is 0.0293. The van der Waals surface area contributed by atoms with Crippen molar-refractivity contribution >= 4 is 5.91 Å². The van der Waals surface area contributed by atoms with Crippen molar-refractivity contribution in [3.63, 3.8) is 0 Å². The van der Waals surface area contributed by atoms with E-state index in [0.29, 0.717) is 6.54 Å². The molecule has 1 heterocycles. The van der Waals surface area contributed by atoms with Gasteiger partial charge >= 0.3 is 0 Å². The molecule has 1 aromatic rings. The zero-order valence-electron chi connectivity index (χ0n) is 7.59. The highest BCUT2D eigenvalue weighted by atomic mass is 16.1. The molecule has 12 heavy (non-hydrogen) atoms. The largest absolute Gasteiger partial charge is 0.351 e. The number of carbonyl (C=O) groups is 1. The van der Waals surface area contributed by atoms with Gasteiger partial charge in [-0.2, -0.15) is 5.10 Å². The van der Waals surface area contributed by atoms with Crippen molar-refractivity contribution in [2.75, 3.05) is 0 Å². The topological polar surface area (TPSA) is 46.9 Å². The number of rotatable bonds is 2. The molecular weight excluding hydrogens is 154 g/mol. The highest BCUT2D eigenvalue weighted by molar-refractivity contribution is 5.72. The van der Waals surface area contributed by atoms with Crippen molar-refractivity contribution in [3.05, 3.63) is 17.5 Å². The number of hydrogen-bond acceptors (Lipinski definition) is 2. The van der Waals surface area contributed by atoms with Gasteiger partial charge in [0.25, 0.3) is 0 Å². The summed E-state index contributed by atoms with van der Waals surface area (Å²) >= 11 is 0. The summed E-state index contributed by atoms with van der Waals surface area (Å²) in [5.74, 6) is -0.0293. The van der Waals surface area contributed by atoms with E-state index in [4.69, 9.17) is 0 Å². The van der Waals surface area contributed by atoms with Crippen LogP contribution in [0.3, 0.4) is 0 Å². The second-order valence-electron chi connectivity index (χ2n) is 2.81. The van der Waals surface area contributed by atoms with Crippen LogP contribution in [0.4, 0.5) is 0 Å². The number of hydrogen-bond donors (Lipinski definition) is 1. The van der Waals surface area contributed by atoms with Gasteiger partial charge in [-0.15, -0.1) is 0 Å². The molecule has 0 aliphatic heterocycles. The van der Waals surface area contributed by atoms with Gasteiger partial charge in [-0.25, -0.2) is 0 Å². The average Bonchev–Trinajstić information content (AvgIpc) is 2.28. The lowest BCUT2D eigenvalue weighted by molar-refractivity contribution is -0.119. The van der Waals surface area contributed by atoms with Crippen LogP contribution in [0.2, 0.25) is 0 Å². The second-order valence-corrected chi connectivity index (χ2v) is 2.81. The highest BCUT2D eigenvalue weighted by Crippen LogP contribution is 1.99. The van der Waals surface area contributed by atoms with Crippen molar-refractivity contribution < 1.29 is 4.79 Å². The van der Waals surface area contributed by atoms with Crippen molar-refractivity contribution in [1.82, 2.24) is 15.1 Å². The van der Waals surface area contributed by atoms with E-state index in [2.05, 4.69) is 10.4 Å². The average molecular weight is 167 g/mol. The fourth-order valence-corrected chi connectivity index (χ4v) is 0.936. The van der Waals surface area contributed by atoms with E-state index in [1.165, 1.54) is 6.92 Å². The van der Waals surface area contributed by atoms with Gasteiger partial charge in [0.1, 0.15) is 0 Å². The Morgan fingerprint density at radius 2 is 2.42 bits per heavy atom. The Balaban J connectivity index is 2.58. The summed E-state index contributed by atoms with van der Waals surface area (Å²) in [4.78, 5) is 10.6. The Kier molecular flexibility index (Phi) is 2.47. The van der Waals surface area contributed by atoms with Crippen LogP contribution in [0, 0.1) is 6.92 Å². The van der Waals surface area contributed by atoms with E-state index in [1.54, 1.807) is 4.68 Å². The summed E-state index contributed by atoms with van der Waals surface area (Å²) < 4.78 is 1.79. The molecule has 66 valence electrons. The highest BCUT2D eigenvalue weighted by Gasteiger charge is 2.00. The van der Waals surface area contributed by atoms with Crippen LogP contribution < -0.4 is 5.32 Å². The third-order valence-corrected chi connectivity index (χ3v) is 1.68. The molecule has 0 spiro atoms. The van der Waals surface area contributed by atoms with Crippen LogP contribution in [0.25, 0.3) is 0 Å². The first-order valence-electron chi connectivity index (χ1n) is 3.83. The summed E-state index contributed by atoms with van der Waals surface area (Å²) in [7, 11) is 1.88. The van der Waals surface area contributed by atoms with Gasteiger partial charge in [0.05, 0.1) is 12.2 Å². The van der Waals surface area contributed by atoms with Gasteiger partial charge in [0.15, 0.2) is 0 Å². The standard InChI is InChI=1S/C8H13N3O/c1-6-4-8(10-11(6)3)5-9-7(2)12/h4H,5H2,1-3H3,(H,9,12). The summed E-state index contributed by atoms with van der Waals surface area (Å²) in [5.41, 5.74) is 1.99. The van der Waals surface area contributed by atoms with Crippen LogP contribution >= 0.6 is 0 Å².